The number of ether oxygens (including phenoxy) is 1. The Kier molecular flexibility index (Phi) is 5.51. The van der Waals surface area contributed by atoms with Gasteiger partial charge in [0.1, 0.15) is 11.6 Å². The predicted molar refractivity (Wildman–Crippen MR) is 111 cm³/mol. The van der Waals surface area contributed by atoms with Crippen molar-refractivity contribution >= 4 is 23.4 Å². The molecule has 0 saturated carbocycles. The van der Waals surface area contributed by atoms with E-state index in [1.807, 2.05) is 36.4 Å². The minimum atomic E-state index is -0.161. The zero-order valence-corrected chi connectivity index (χ0v) is 15.9. The van der Waals surface area contributed by atoms with E-state index in [1.54, 1.807) is 24.7 Å². The average Bonchev–Trinajstić information content (AvgIpc) is 2.76. The Morgan fingerprint density at radius 2 is 2.07 bits per heavy atom. The number of hydrogen-bond donors (Lipinski definition) is 2. The summed E-state index contributed by atoms with van der Waals surface area (Å²) in [5, 5.41) is 3.02. The fraction of sp³-hybridized carbons (Fsp3) is 0.238. The Morgan fingerprint density at radius 1 is 1.17 bits per heavy atom. The Labute approximate surface area is 168 Å². The molecule has 148 valence electrons. The lowest BCUT2D eigenvalue weighted by molar-refractivity contribution is -0.120. The number of hydrogen-bond acceptors (Lipinski definition) is 7. The van der Waals surface area contributed by atoms with Gasteiger partial charge in [-0.25, -0.2) is 4.98 Å². The van der Waals surface area contributed by atoms with Crippen molar-refractivity contribution in [2.24, 2.45) is 5.92 Å². The lowest BCUT2D eigenvalue weighted by atomic mass is 9.97. The summed E-state index contributed by atoms with van der Waals surface area (Å²) in [4.78, 5) is 27.3. The van der Waals surface area contributed by atoms with Crippen LogP contribution in [-0.2, 0) is 4.79 Å². The first-order valence-corrected chi connectivity index (χ1v) is 9.50. The first-order valence-electron chi connectivity index (χ1n) is 9.50. The van der Waals surface area contributed by atoms with Gasteiger partial charge in [0, 0.05) is 25.5 Å². The molecule has 8 nitrogen and oxygen atoms in total. The van der Waals surface area contributed by atoms with Crippen LogP contribution in [0.3, 0.4) is 0 Å². The fourth-order valence-corrected chi connectivity index (χ4v) is 3.37. The summed E-state index contributed by atoms with van der Waals surface area (Å²) in [6.07, 6.45) is 6.66. The van der Waals surface area contributed by atoms with E-state index in [2.05, 4.69) is 25.2 Å². The monoisotopic (exact) mass is 390 g/mol. The number of piperidine rings is 1. The Hall–Kier alpha value is -3.68. The van der Waals surface area contributed by atoms with Crippen LogP contribution in [0.5, 0.6) is 11.5 Å². The lowest BCUT2D eigenvalue weighted by Gasteiger charge is -2.32. The second kappa shape index (κ2) is 8.55. The minimum absolute atomic E-state index is 0.0426. The van der Waals surface area contributed by atoms with Gasteiger partial charge in [0.2, 0.25) is 11.9 Å². The molecule has 0 aliphatic carbocycles. The molecule has 3 N–H and O–H groups in total. The van der Waals surface area contributed by atoms with Crippen molar-refractivity contribution in [1.29, 1.82) is 0 Å². The Bertz CT molecular complexity index is 982. The van der Waals surface area contributed by atoms with Crippen molar-refractivity contribution in [3.8, 4) is 11.5 Å². The number of rotatable bonds is 5. The van der Waals surface area contributed by atoms with E-state index in [1.165, 1.54) is 0 Å². The van der Waals surface area contributed by atoms with Crippen LogP contribution in [0.1, 0.15) is 12.8 Å². The van der Waals surface area contributed by atoms with E-state index in [0.29, 0.717) is 23.7 Å². The van der Waals surface area contributed by atoms with Crippen LogP contribution in [0, 0.1) is 5.92 Å². The molecule has 1 aliphatic heterocycles. The number of carbonyl (C=O) groups excluding carboxylic acids is 1. The van der Waals surface area contributed by atoms with Crippen molar-refractivity contribution in [1.82, 2.24) is 15.0 Å². The molecule has 1 amide bonds. The van der Waals surface area contributed by atoms with Crippen molar-refractivity contribution in [3.63, 3.8) is 0 Å². The number of nitrogens with one attached hydrogen (secondary N) is 1. The number of pyridine rings is 1. The van der Waals surface area contributed by atoms with Gasteiger partial charge in [-0.1, -0.05) is 12.1 Å². The smallest absolute Gasteiger partial charge is 0.229 e. The molecule has 1 atom stereocenters. The molecular formula is C21H22N6O2. The normalized spacial score (nSPS) is 16.3. The van der Waals surface area contributed by atoms with E-state index in [-0.39, 0.29) is 17.8 Å². The number of para-hydroxylation sites is 2. The highest BCUT2D eigenvalue weighted by Crippen LogP contribution is 2.30. The highest BCUT2D eigenvalue weighted by molar-refractivity contribution is 5.94. The number of aromatic nitrogens is 3. The van der Waals surface area contributed by atoms with Crippen LogP contribution < -0.4 is 20.7 Å². The number of nitrogens with two attached hydrogens (primary N) is 1. The van der Waals surface area contributed by atoms with Crippen LogP contribution in [0.15, 0.2) is 61.1 Å². The van der Waals surface area contributed by atoms with Gasteiger partial charge in [-0.05, 0) is 43.2 Å². The van der Waals surface area contributed by atoms with Gasteiger partial charge in [-0.15, -0.1) is 0 Å². The molecule has 1 fully saturated rings. The number of anilines is 3. The summed E-state index contributed by atoms with van der Waals surface area (Å²) in [6, 6.07) is 12.8. The van der Waals surface area contributed by atoms with Crippen molar-refractivity contribution < 1.29 is 9.53 Å². The van der Waals surface area contributed by atoms with Crippen LogP contribution in [-0.4, -0.2) is 33.9 Å². The summed E-state index contributed by atoms with van der Waals surface area (Å²) < 4.78 is 5.88. The van der Waals surface area contributed by atoms with E-state index in [4.69, 9.17) is 10.5 Å². The molecule has 4 rings (SSSR count). The van der Waals surface area contributed by atoms with Gasteiger partial charge in [0.15, 0.2) is 5.75 Å². The highest BCUT2D eigenvalue weighted by atomic mass is 16.5. The summed E-state index contributed by atoms with van der Waals surface area (Å²) in [5.41, 5.74) is 6.32. The maximum Gasteiger partial charge on any atom is 0.229 e. The number of nitrogen functional groups attached to an aromatic ring is 1. The van der Waals surface area contributed by atoms with E-state index in [0.717, 1.165) is 25.2 Å². The lowest BCUT2D eigenvalue weighted by Crippen LogP contribution is -2.41. The third-order valence-electron chi connectivity index (χ3n) is 4.78. The van der Waals surface area contributed by atoms with Crippen LogP contribution in [0.2, 0.25) is 0 Å². The second-order valence-electron chi connectivity index (χ2n) is 6.83. The molecule has 0 spiro atoms. The van der Waals surface area contributed by atoms with Gasteiger partial charge in [0.05, 0.1) is 17.8 Å². The second-order valence-corrected chi connectivity index (χ2v) is 6.83. The van der Waals surface area contributed by atoms with Gasteiger partial charge in [0.25, 0.3) is 0 Å². The Balaban J connectivity index is 1.45. The molecule has 8 heteroatoms. The van der Waals surface area contributed by atoms with Crippen LogP contribution in [0.25, 0.3) is 0 Å². The molecule has 0 unspecified atom stereocenters. The molecule has 29 heavy (non-hydrogen) atoms. The molecule has 3 heterocycles. The molecule has 1 aromatic carbocycles. The zero-order valence-electron chi connectivity index (χ0n) is 15.9. The highest BCUT2D eigenvalue weighted by Gasteiger charge is 2.27. The van der Waals surface area contributed by atoms with Gasteiger partial charge < -0.3 is 20.7 Å². The molecule has 0 radical (unpaired) electrons. The quantitative estimate of drug-likeness (QED) is 0.689. The van der Waals surface area contributed by atoms with Crippen LogP contribution >= 0.6 is 0 Å². The molecule has 0 bridgehead atoms. The van der Waals surface area contributed by atoms with E-state index < -0.39 is 0 Å². The Morgan fingerprint density at radius 3 is 2.90 bits per heavy atom. The van der Waals surface area contributed by atoms with E-state index in [9.17, 15) is 4.79 Å². The number of nitrogens with zero attached hydrogens (tertiary/aromatic N) is 4. The fourth-order valence-electron chi connectivity index (χ4n) is 3.37. The molecule has 2 aromatic heterocycles. The number of benzene rings is 1. The predicted octanol–water partition coefficient (Wildman–Crippen LogP) is 3.10. The zero-order chi connectivity index (χ0) is 20.1. The average molecular weight is 390 g/mol. The molecule has 1 aliphatic rings. The maximum absolute atomic E-state index is 13.0. The first-order chi connectivity index (χ1) is 14.2. The summed E-state index contributed by atoms with van der Waals surface area (Å²) >= 11 is 0. The third-order valence-corrected chi connectivity index (χ3v) is 4.78. The van der Waals surface area contributed by atoms with Gasteiger partial charge >= 0.3 is 0 Å². The SMILES string of the molecule is Nc1nccc(N2CCC[C@@H](C(=O)Nc3ccccc3Oc3cccnc3)C2)n1. The number of amides is 1. The van der Waals surface area contributed by atoms with Crippen molar-refractivity contribution in [2.45, 2.75) is 12.8 Å². The maximum atomic E-state index is 13.0. The molecular weight excluding hydrogens is 368 g/mol. The number of carbonyl (C=O) groups is 1. The summed E-state index contributed by atoms with van der Waals surface area (Å²) in [7, 11) is 0. The van der Waals surface area contributed by atoms with Crippen LogP contribution in [0.4, 0.5) is 17.5 Å². The first kappa shape index (κ1) is 18.7. The summed E-state index contributed by atoms with van der Waals surface area (Å²) in [5.74, 6) is 1.96. The molecule has 1 saturated heterocycles. The van der Waals surface area contributed by atoms with Crippen molar-refractivity contribution in [2.75, 3.05) is 29.0 Å². The topological polar surface area (TPSA) is 106 Å². The third kappa shape index (κ3) is 4.60. The largest absolute Gasteiger partial charge is 0.454 e. The van der Waals surface area contributed by atoms with E-state index >= 15 is 0 Å². The van der Waals surface area contributed by atoms with Crippen molar-refractivity contribution in [3.05, 3.63) is 61.1 Å². The van der Waals surface area contributed by atoms with Gasteiger partial charge in [-0.3, -0.25) is 9.78 Å². The molecule has 3 aromatic rings. The standard InChI is InChI=1S/C21H22N6O2/c22-21-24-11-9-19(26-21)27-12-4-5-15(14-27)20(28)25-17-7-1-2-8-18(17)29-16-6-3-10-23-13-16/h1-3,6-11,13,15H,4-5,12,14H2,(H,25,28)(H2,22,24,26)/t15-/m1/s1. The summed E-state index contributed by atoms with van der Waals surface area (Å²) in [6.45, 7) is 1.41. The van der Waals surface area contributed by atoms with Gasteiger partial charge in [-0.2, -0.15) is 4.98 Å². The minimum Gasteiger partial charge on any atom is -0.454 e.